The molecule has 0 saturated heterocycles. The smallest absolute Gasteiger partial charge is 0.338 e. The number of carboxylic acid groups (broad SMARTS) is 1. The van der Waals surface area contributed by atoms with Crippen molar-refractivity contribution < 1.29 is 9.90 Å². The minimum atomic E-state index is -1.16. The van der Waals surface area contributed by atoms with Gasteiger partial charge in [-0.15, -0.1) is 0 Å². The third-order valence-corrected chi connectivity index (χ3v) is 2.52. The lowest BCUT2D eigenvalue weighted by Gasteiger charge is -2.00. The maximum Gasteiger partial charge on any atom is 0.338 e. The molecular formula is C9H6N2O3S. The Hall–Kier alpha value is -1.95. The van der Waals surface area contributed by atoms with Crippen LogP contribution in [0, 0.1) is 0 Å². The van der Waals surface area contributed by atoms with Crippen molar-refractivity contribution in [2.45, 2.75) is 0 Å². The molecule has 0 bridgehead atoms. The Bertz CT molecular complexity index is 545. The first-order valence-corrected chi connectivity index (χ1v) is 4.98. The van der Waals surface area contributed by atoms with Crippen molar-refractivity contribution in [3.8, 4) is 11.3 Å². The number of carbonyl (C=O) groups is 1. The van der Waals surface area contributed by atoms with Crippen LogP contribution in [0.4, 0.5) is 0 Å². The highest BCUT2D eigenvalue weighted by atomic mass is 32.1. The third kappa shape index (κ3) is 1.79. The number of carboxylic acids is 1. The van der Waals surface area contributed by atoms with E-state index >= 15 is 0 Å². The molecule has 0 aliphatic carbocycles. The molecule has 15 heavy (non-hydrogen) atoms. The average molecular weight is 222 g/mol. The number of nitrogens with zero attached hydrogens (tertiary/aromatic N) is 1. The van der Waals surface area contributed by atoms with E-state index in [4.69, 9.17) is 5.11 Å². The molecule has 5 nitrogen and oxygen atoms in total. The van der Waals surface area contributed by atoms with Crippen LogP contribution in [-0.2, 0) is 0 Å². The molecular weight excluding hydrogens is 216 g/mol. The number of aromatic nitrogens is 2. The van der Waals surface area contributed by atoms with Gasteiger partial charge in [0.2, 0.25) is 0 Å². The van der Waals surface area contributed by atoms with E-state index in [-0.39, 0.29) is 11.3 Å². The molecule has 0 spiro atoms. The van der Waals surface area contributed by atoms with Gasteiger partial charge >= 0.3 is 5.97 Å². The number of thiophene rings is 1. The van der Waals surface area contributed by atoms with Crippen LogP contribution in [0.2, 0.25) is 0 Å². The normalized spacial score (nSPS) is 10.1. The van der Waals surface area contributed by atoms with Crippen molar-refractivity contribution >= 4 is 17.3 Å². The molecule has 2 rings (SSSR count). The summed E-state index contributed by atoms with van der Waals surface area (Å²) in [5.41, 5.74) is 0.362. The van der Waals surface area contributed by atoms with Crippen LogP contribution in [0.1, 0.15) is 10.4 Å². The van der Waals surface area contributed by atoms with Gasteiger partial charge in [0.15, 0.2) is 0 Å². The Morgan fingerprint density at radius 3 is 2.93 bits per heavy atom. The summed E-state index contributed by atoms with van der Waals surface area (Å²) >= 11 is 1.43. The molecule has 6 heteroatoms. The zero-order valence-electron chi connectivity index (χ0n) is 7.43. The van der Waals surface area contributed by atoms with E-state index in [1.54, 1.807) is 11.4 Å². The van der Waals surface area contributed by atoms with Crippen molar-refractivity contribution in [2.75, 3.05) is 0 Å². The first-order chi connectivity index (χ1) is 7.18. The van der Waals surface area contributed by atoms with Gasteiger partial charge in [-0.25, -0.2) is 9.89 Å². The Balaban J connectivity index is 2.66. The van der Waals surface area contributed by atoms with Crippen LogP contribution in [-0.4, -0.2) is 21.3 Å². The molecule has 2 N–H and O–H groups in total. The molecule has 2 aromatic rings. The molecule has 0 radical (unpaired) electrons. The quantitative estimate of drug-likeness (QED) is 0.799. The zero-order chi connectivity index (χ0) is 10.8. The van der Waals surface area contributed by atoms with Gasteiger partial charge in [-0.2, -0.15) is 16.4 Å². The molecule has 2 heterocycles. The molecule has 0 amide bonds. The lowest BCUT2D eigenvalue weighted by atomic mass is 10.1. The number of hydrogen-bond donors (Lipinski definition) is 2. The molecule has 0 fully saturated rings. The fourth-order valence-electron chi connectivity index (χ4n) is 1.19. The highest BCUT2D eigenvalue weighted by molar-refractivity contribution is 7.08. The van der Waals surface area contributed by atoms with Crippen molar-refractivity contribution in [2.24, 2.45) is 0 Å². The van der Waals surface area contributed by atoms with Crippen LogP contribution in [0.15, 0.2) is 27.7 Å². The van der Waals surface area contributed by atoms with Crippen LogP contribution < -0.4 is 5.56 Å². The number of nitrogens with one attached hydrogen (secondary N) is 1. The standard InChI is InChI=1S/C9H6N2O3S/c12-7-3-6(9(13)14)8(11-10-7)5-1-2-15-4-5/h1-4H,(H,10,12)(H,13,14). The predicted octanol–water partition coefficient (Wildman–Crippen LogP) is 1.20. The maximum absolute atomic E-state index is 10.9. The average Bonchev–Trinajstić information content (AvgIpc) is 2.70. The van der Waals surface area contributed by atoms with E-state index in [2.05, 4.69) is 10.2 Å². The van der Waals surface area contributed by atoms with Gasteiger partial charge in [0, 0.05) is 17.0 Å². The van der Waals surface area contributed by atoms with Crippen LogP contribution in [0.25, 0.3) is 11.3 Å². The van der Waals surface area contributed by atoms with Gasteiger partial charge in [-0.3, -0.25) is 4.79 Å². The second kappa shape index (κ2) is 3.66. The molecule has 76 valence electrons. The molecule has 0 aliphatic rings. The molecule has 2 aromatic heterocycles. The van der Waals surface area contributed by atoms with Crippen molar-refractivity contribution in [3.63, 3.8) is 0 Å². The van der Waals surface area contributed by atoms with E-state index in [0.717, 1.165) is 6.07 Å². The number of aromatic carboxylic acids is 1. The zero-order valence-corrected chi connectivity index (χ0v) is 8.25. The molecule has 0 atom stereocenters. The minimum Gasteiger partial charge on any atom is -0.478 e. The fourth-order valence-corrected chi connectivity index (χ4v) is 1.83. The van der Waals surface area contributed by atoms with Gasteiger partial charge in [0.05, 0.1) is 5.56 Å². The SMILES string of the molecule is O=C(O)c1cc(=O)[nH]nc1-c1ccsc1. The second-order valence-corrected chi connectivity index (χ2v) is 3.59. The van der Waals surface area contributed by atoms with E-state index in [1.165, 1.54) is 11.3 Å². The van der Waals surface area contributed by atoms with Gasteiger partial charge in [-0.05, 0) is 11.4 Å². The van der Waals surface area contributed by atoms with Crippen LogP contribution >= 0.6 is 11.3 Å². The summed E-state index contributed by atoms with van der Waals surface area (Å²) in [6.07, 6.45) is 0. The van der Waals surface area contributed by atoms with E-state index in [0.29, 0.717) is 5.56 Å². The van der Waals surface area contributed by atoms with Gasteiger partial charge in [0.1, 0.15) is 5.69 Å². The number of H-pyrrole nitrogens is 1. The van der Waals surface area contributed by atoms with Gasteiger partial charge < -0.3 is 5.11 Å². The monoisotopic (exact) mass is 222 g/mol. The van der Waals surface area contributed by atoms with E-state index < -0.39 is 11.5 Å². The number of aromatic amines is 1. The van der Waals surface area contributed by atoms with Crippen LogP contribution in [0.5, 0.6) is 0 Å². The molecule has 0 unspecified atom stereocenters. The third-order valence-electron chi connectivity index (χ3n) is 1.83. The number of rotatable bonds is 2. The lowest BCUT2D eigenvalue weighted by Crippen LogP contribution is -2.13. The first kappa shape index (κ1) is 9.60. The van der Waals surface area contributed by atoms with Gasteiger partial charge in [0.25, 0.3) is 5.56 Å². The van der Waals surface area contributed by atoms with Crippen LogP contribution in [0.3, 0.4) is 0 Å². The summed E-state index contributed by atoms with van der Waals surface area (Å²) in [7, 11) is 0. The fraction of sp³-hybridized carbons (Fsp3) is 0. The Morgan fingerprint density at radius 2 is 2.33 bits per heavy atom. The summed E-state index contributed by atoms with van der Waals surface area (Å²) in [6.45, 7) is 0. The number of hydrogen-bond acceptors (Lipinski definition) is 4. The summed E-state index contributed by atoms with van der Waals surface area (Å²) in [4.78, 5) is 21.8. The van der Waals surface area contributed by atoms with E-state index in [9.17, 15) is 9.59 Å². The Labute approximate surface area is 88.0 Å². The second-order valence-electron chi connectivity index (χ2n) is 2.81. The first-order valence-electron chi connectivity index (χ1n) is 4.04. The molecule has 0 aromatic carbocycles. The Kier molecular flexibility index (Phi) is 2.34. The highest BCUT2D eigenvalue weighted by Gasteiger charge is 2.14. The van der Waals surface area contributed by atoms with Gasteiger partial charge in [-0.1, -0.05) is 0 Å². The lowest BCUT2D eigenvalue weighted by molar-refractivity contribution is 0.0697. The largest absolute Gasteiger partial charge is 0.478 e. The predicted molar refractivity (Wildman–Crippen MR) is 55.1 cm³/mol. The summed E-state index contributed by atoms with van der Waals surface area (Å²) < 4.78 is 0. The summed E-state index contributed by atoms with van der Waals surface area (Å²) in [6, 6.07) is 2.78. The summed E-state index contributed by atoms with van der Waals surface area (Å²) in [5.74, 6) is -1.16. The van der Waals surface area contributed by atoms with E-state index in [1.807, 2.05) is 5.38 Å². The Morgan fingerprint density at radius 1 is 1.53 bits per heavy atom. The highest BCUT2D eigenvalue weighted by Crippen LogP contribution is 2.21. The molecule has 0 aliphatic heterocycles. The van der Waals surface area contributed by atoms with Crippen molar-refractivity contribution in [1.82, 2.24) is 10.2 Å². The maximum atomic E-state index is 10.9. The topological polar surface area (TPSA) is 83.0 Å². The van der Waals surface area contributed by atoms with Crippen molar-refractivity contribution in [3.05, 3.63) is 38.8 Å². The summed E-state index contributed by atoms with van der Waals surface area (Å²) in [5, 5.41) is 18.4. The molecule has 0 saturated carbocycles. The minimum absolute atomic E-state index is 0.0860. The van der Waals surface area contributed by atoms with Crippen molar-refractivity contribution in [1.29, 1.82) is 0 Å².